The molecule has 1 unspecified atom stereocenters. The average molecular weight is 336 g/mol. The quantitative estimate of drug-likeness (QED) is 0.827. The van der Waals surface area contributed by atoms with Gasteiger partial charge in [0.25, 0.3) is 0 Å². The SMILES string of the molecule is Cc1cc(Br)ccc1N1C(CC#N)CN(C)CC1(C)C. The number of nitrogens with zero attached hydrogens (tertiary/aromatic N) is 3. The van der Waals surface area contributed by atoms with Gasteiger partial charge in [-0.05, 0) is 51.6 Å². The highest BCUT2D eigenvalue weighted by Gasteiger charge is 2.39. The number of rotatable bonds is 2. The third-order valence-corrected chi connectivity index (χ3v) is 4.44. The van der Waals surface area contributed by atoms with Crippen LogP contribution < -0.4 is 4.90 Å². The van der Waals surface area contributed by atoms with Gasteiger partial charge in [0, 0.05) is 28.8 Å². The molecule has 1 aliphatic heterocycles. The Hall–Kier alpha value is -1.05. The first-order chi connectivity index (χ1) is 9.35. The summed E-state index contributed by atoms with van der Waals surface area (Å²) in [5.74, 6) is 0. The van der Waals surface area contributed by atoms with Crippen LogP contribution in [-0.4, -0.2) is 36.6 Å². The summed E-state index contributed by atoms with van der Waals surface area (Å²) in [5.41, 5.74) is 2.51. The van der Waals surface area contributed by atoms with E-state index in [1.54, 1.807) is 0 Å². The second kappa shape index (κ2) is 5.75. The first kappa shape index (κ1) is 15.3. The van der Waals surface area contributed by atoms with E-state index in [1.165, 1.54) is 11.3 Å². The van der Waals surface area contributed by atoms with E-state index in [2.05, 4.69) is 77.8 Å². The minimum atomic E-state index is 0.0209. The molecule has 1 aromatic rings. The molecule has 0 N–H and O–H groups in total. The van der Waals surface area contributed by atoms with Crippen molar-refractivity contribution in [2.75, 3.05) is 25.0 Å². The first-order valence-electron chi connectivity index (χ1n) is 6.96. The van der Waals surface area contributed by atoms with Gasteiger partial charge < -0.3 is 9.80 Å². The molecule has 0 amide bonds. The number of hydrogen-bond donors (Lipinski definition) is 0. The van der Waals surface area contributed by atoms with Crippen LogP contribution in [0.1, 0.15) is 25.8 Å². The highest BCUT2D eigenvalue weighted by Crippen LogP contribution is 2.35. The number of likely N-dealkylation sites (N-methyl/N-ethyl adjacent to an activating group) is 1. The van der Waals surface area contributed by atoms with Gasteiger partial charge in [-0.25, -0.2) is 0 Å². The van der Waals surface area contributed by atoms with Crippen molar-refractivity contribution in [1.82, 2.24) is 4.90 Å². The van der Waals surface area contributed by atoms with Crippen LogP contribution in [0.15, 0.2) is 22.7 Å². The Bertz CT molecular complexity index is 533. The number of anilines is 1. The zero-order chi connectivity index (χ0) is 14.9. The molecule has 0 aliphatic carbocycles. The van der Waals surface area contributed by atoms with E-state index in [9.17, 15) is 0 Å². The predicted octanol–water partition coefficient (Wildman–Crippen LogP) is 3.57. The summed E-state index contributed by atoms with van der Waals surface area (Å²) in [5, 5.41) is 9.15. The second-order valence-electron chi connectivity index (χ2n) is 6.33. The van der Waals surface area contributed by atoms with Crippen molar-refractivity contribution < 1.29 is 0 Å². The first-order valence-corrected chi connectivity index (χ1v) is 7.75. The van der Waals surface area contributed by atoms with Crippen molar-refractivity contribution in [3.05, 3.63) is 28.2 Å². The largest absolute Gasteiger partial charge is 0.360 e. The van der Waals surface area contributed by atoms with E-state index >= 15 is 0 Å². The van der Waals surface area contributed by atoms with Crippen molar-refractivity contribution in [3.8, 4) is 6.07 Å². The van der Waals surface area contributed by atoms with Crippen molar-refractivity contribution in [2.24, 2.45) is 0 Å². The van der Waals surface area contributed by atoms with Gasteiger partial charge in [0.2, 0.25) is 0 Å². The molecule has 1 aromatic carbocycles. The van der Waals surface area contributed by atoms with Crippen LogP contribution in [0.4, 0.5) is 5.69 Å². The Balaban J connectivity index is 2.45. The lowest BCUT2D eigenvalue weighted by Crippen LogP contribution is -2.63. The molecule has 0 radical (unpaired) electrons. The van der Waals surface area contributed by atoms with Crippen LogP contribution in [0.2, 0.25) is 0 Å². The highest BCUT2D eigenvalue weighted by molar-refractivity contribution is 9.10. The summed E-state index contributed by atoms with van der Waals surface area (Å²) >= 11 is 3.53. The molecule has 1 atom stereocenters. The standard InChI is InChI=1S/C16H22BrN3/c1-12-9-13(17)5-6-15(12)20-14(7-8-18)10-19(4)11-16(20,2)3/h5-6,9,14H,7,10-11H2,1-4H3. The van der Waals surface area contributed by atoms with Crippen molar-refractivity contribution >= 4 is 21.6 Å². The zero-order valence-electron chi connectivity index (χ0n) is 12.7. The molecule has 0 spiro atoms. The molecule has 20 heavy (non-hydrogen) atoms. The lowest BCUT2D eigenvalue weighted by atomic mass is 9.92. The van der Waals surface area contributed by atoms with Crippen LogP contribution in [0.25, 0.3) is 0 Å². The third-order valence-electron chi connectivity index (χ3n) is 3.94. The normalized spacial score (nSPS) is 22.6. The summed E-state index contributed by atoms with van der Waals surface area (Å²) in [6, 6.07) is 8.99. The van der Waals surface area contributed by atoms with Crippen LogP contribution in [0.5, 0.6) is 0 Å². The Morgan fingerprint density at radius 1 is 1.45 bits per heavy atom. The fraction of sp³-hybridized carbons (Fsp3) is 0.562. The summed E-state index contributed by atoms with van der Waals surface area (Å²) in [6.45, 7) is 8.60. The van der Waals surface area contributed by atoms with Gasteiger partial charge in [-0.1, -0.05) is 15.9 Å². The Kier molecular flexibility index (Phi) is 4.41. The number of benzene rings is 1. The topological polar surface area (TPSA) is 30.3 Å². The minimum Gasteiger partial charge on any atom is -0.360 e. The number of halogens is 1. The number of aryl methyl sites for hydroxylation is 1. The van der Waals surface area contributed by atoms with E-state index in [-0.39, 0.29) is 11.6 Å². The smallest absolute Gasteiger partial charge is 0.0643 e. The van der Waals surface area contributed by atoms with Crippen molar-refractivity contribution in [1.29, 1.82) is 5.26 Å². The molecule has 108 valence electrons. The molecular weight excluding hydrogens is 314 g/mol. The number of piperazine rings is 1. The monoisotopic (exact) mass is 335 g/mol. The Morgan fingerprint density at radius 3 is 2.75 bits per heavy atom. The fourth-order valence-electron chi connectivity index (χ4n) is 3.41. The molecule has 1 aliphatic rings. The van der Waals surface area contributed by atoms with Gasteiger partial charge in [-0.2, -0.15) is 5.26 Å². The maximum absolute atomic E-state index is 9.15. The van der Waals surface area contributed by atoms with Gasteiger partial charge in [-0.3, -0.25) is 0 Å². The molecule has 2 rings (SSSR count). The molecule has 4 heteroatoms. The Labute approximate surface area is 130 Å². The van der Waals surface area contributed by atoms with Crippen LogP contribution in [0, 0.1) is 18.3 Å². The van der Waals surface area contributed by atoms with E-state index < -0.39 is 0 Å². The van der Waals surface area contributed by atoms with Gasteiger partial charge >= 0.3 is 0 Å². The predicted molar refractivity (Wildman–Crippen MR) is 87.0 cm³/mol. The molecule has 1 fully saturated rings. The molecule has 1 saturated heterocycles. The Morgan fingerprint density at radius 2 is 2.15 bits per heavy atom. The van der Waals surface area contributed by atoms with Crippen LogP contribution in [-0.2, 0) is 0 Å². The van der Waals surface area contributed by atoms with Gasteiger partial charge in [0.15, 0.2) is 0 Å². The van der Waals surface area contributed by atoms with Gasteiger partial charge in [0.05, 0.1) is 18.5 Å². The molecule has 0 saturated carbocycles. The minimum absolute atomic E-state index is 0.0209. The summed E-state index contributed by atoms with van der Waals surface area (Å²) in [6.07, 6.45) is 0.559. The number of hydrogen-bond acceptors (Lipinski definition) is 3. The lowest BCUT2D eigenvalue weighted by Gasteiger charge is -2.52. The van der Waals surface area contributed by atoms with Crippen molar-refractivity contribution in [2.45, 2.75) is 38.8 Å². The molecule has 1 heterocycles. The van der Waals surface area contributed by atoms with Gasteiger partial charge in [0.1, 0.15) is 0 Å². The second-order valence-corrected chi connectivity index (χ2v) is 7.24. The van der Waals surface area contributed by atoms with Gasteiger partial charge in [-0.15, -0.1) is 0 Å². The van der Waals surface area contributed by atoms with E-state index in [0.29, 0.717) is 6.42 Å². The van der Waals surface area contributed by atoms with Crippen LogP contribution >= 0.6 is 15.9 Å². The average Bonchev–Trinajstić information content (AvgIpc) is 2.30. The van der Waals surface area contributed by atoms with Crippen LogP contribution in [0.3, 0.4) is 0 Å². The maximum atomic E-state index is 9.15. The molecule has 3 nitrogen and oxygen atoms in total. The van der Waals surface area contributed by atoms with E-state index in [1.807, 2.05) is 0 Å². The van der Waals surface area contributed by atoms with Crippen molar-refractivity contribution in [3.63, 3.8) is 0 Å². The summed E-state index contributed by atoms with van der Waals surface area (Å²) < 4.78 is 1.10. The maximum Gasteiger partial charge on any atom is 0.0643 e. The summed E-state index contributed by atoms with van der Waals surface area (Å²) in [7, 11) is 2.14. The molecule has 0 bridgehead atoms. The van der Waals surface area contributed by atoms with E-state index in [4.69, 9.17) is 5.26 Å². The lowest BCUT2D eigenvalue weighted by molar-refractivity contribution is 0.181. The summed E-state index contributed by atoms with van der Waals surface area (Å²) in [4.78, 5) is 4.77. The molecule has 0 aromatic heterocycles. The third kappa shape index (κ3) is 2.99. The fourth-order valence-corrected chi connectivity index (χ4v) is 3.89. The zero-order valence-corrected chi connectivity index (χ0v) is 14.2. The van der Waals surface area contributed by atoms with E-state index in [0.717, 1.165) is 17.6 Å². The number of nitriles is 1. The highest BCUT2D eigenvalue weighted by atomic mass is 79.9. The molecular formula is C16H22BrN3.